The van der Waals surface area contributed by atoms with Crippen LogP contribution in [0.5, 0.6) is 0 Å². The summed E-state index contributed by atoms with van der Waals surface area (Å²) in [5.74, 6) is -0.478. The summed E-state index contributed by atoms with van der Waals surface area (Å²) in [7, 11) is 0. The highest BCUT2D eigenvalue weighted by atomic mass is 32.2. The van der Waals surface area contributed by atoms with E-state index in [4.69, 9.17) is 0 Å². The lowest BCUT2D eigenvalue weighted by molar-refractivity contribution is -0.120. The number of amides is 1. The predicted octanol–water partition coefficient (Wildman–Crippen LogP) is 2.32. The van der Waals surface area contributed by atoms with Gasteiger partial charge in [-0.3, -0.25) is 4.79 Å². The van der Waals surface area contributed by atoms with Crippen molar-refractivity contribution in [3.63, 3.8) is 0 Å². The molecule has 1 aromatic rings. The van der Waals surface area contributed by atoms with Gasteiger partial charge < -0.3 is 0 Å². The fourth-order valence-electron chi connectivity index (χ4n) is 1.47. The number of para-hydroxylation sites is 1. The third-order valence-corrected chi connectivity index (χ3v) is 3.01. The average Bonchev–Trinajstić information content (AvgIpc) is 2.41. The number of anilines is 1. The lowest BCUT2D eigenvalue weighted by Crippen LogP contribution is -2.18. The quantitative estimate of drug-likeness (QED) is 0.644. The Kier molecular flexibility index (Phi) is 2.00. The topological polar surface area (TPSA) is 20.3 Å². The minimum atomic E-state index is -0.478. The lowest BCUT2D eigenvalue weighted by atomic mass is 10.2. The summed E-state index contributed by atoms with van der Waals surface area (Å²) in [6.45, 7) is 0. The van der Waals surface area contributed by atoms with Crippen LogP contribution >= 0.6 is 11.8 Å². The molecule has 0 bridgehead atoms. The fourth-order valence-corrected chi connectivity index (χ4v) is 2.22. The molecule has 1 unspecified atom stereocenters. The monoisotopic (exact) mass is 197 g/mol. The largest absolute Gasteiger partial charge is 0.272 e. The van der Waals surface area contributed by atoms with E-state index in [9.17, 15) is 9.28 Å². The van der Waals surface area contributed by atoms with Gasteiger partial charge in [-0.2, -0.15) is 0 Å². The minimum absolute atomic E-state index is 0.233. The van der Waals surface area contributed by atoms with Crippen LogP contribution in [0.3, 0.4) is 0 Å². The van der Waals surface area contributed by atoms with E-state index < -0.39 is 5.91 Å². The van der Waals surface area contributed by atoms with Crippen LogP contribution in [-0.2, 0) is 4.79 Å². The predicted molar refractivity (Wildman–Crippen MR) is 51.3 cm³/mol. The number of thioether (sulfide) groups is 1. The molecule has 1 atom stereocenters. The van der Waals surface area contributed by atoms with Crippen LogP contribution in [0.1, 0.15) is 10.8 Å². The number of nitrogens with zero attached hydrogens (tertiary/aromatic N) is 1. The Morgan fingerprint density at radius 1 is 1.46 bits per heavy atom. The van der Waals surface area contributed by atoms with Gasteiger partial charge >= 0.3 is 0 Å². The maximum absolute atomic E-state index is 13.2. The first-order valence-electron chi connectivity index (χ1n) is 3.87. The van der Waals surface area contributed by atoms with Crippen LogP contribution in [0.4, 0.5) is 10.2 Å². The molecule has 0 fully saturated rings. The molecular weight excluding hydrogens is 189 g/mol. The third-order valence-electron chi connectivity index (χ3n) is 2.08. The third kappa shape index (κ3) is 1.13. The Hall–Kier alpha value is -1.03. The Morgan fingerprint density at radius 2 is 2.15 bits per heavy atom. The van der Waals surface area contributed by atoms with Gasteiger partial charge in [-0.25, -0.2) is 0 Å². The van der Waals surface area contributed by atoms with E-state index in [1.807, 2.05) is 6.07 Å². The van der Waals surface area contributed by atoms with Crippen molar-refractivity contribution < 1.29 is 9.28 Å². The molecule has 1 aromatic carbocycles. The normalized spacial score (nSPS) is 20.6. The molecule has 0 N–H and O–H groups in total. The summed E-state index contributed by atoms with van der Waals surface area (Å²) in [6.07, 6.45) is 1.80. The molecule has 4 heteroatoms. The first-order valence-corrected chi connectivity index (χ1v) is 5.16. The Bertz CT molecular complexity index is 355. The maximum Gasteiger partial charge on any atom is 0.272 e. The average molecular weight is 197 g/mol. The number of halogens is 1. The molecule has 68 valence electrons. The van der Waals surface area contributed by atoms with Gasteiger partial charge in [0.2, 0.25) is 0 Å². The van der Waals surface area contributed by atoms with Gasteiger partial charge in [0.25, 0.3) is 5.91 Å². The van der Waals surface area contributed by atoms with Crippen LogP contribution in [0, 0.1) is 0 Å². The smallest absolute Gasteiger partial charge is 0.270 e. The van der Waals surface area contributed by atoms with Gasteiger partial charge in [0.15, 0.2) is 0 Å². The zero-order valence-corrected chi connectivity index (χ0v) is 7.84. The van der Waals surface area contributed by atoms with E-state index >= 15 is 0 Å². The summed E-state index contributed by atoms with van der Waals surface area (Å²) in [5.41, 5.74) is 1.15. The van der Waals surface area contributed by atoms with E-state index in [0.717, 1.165) is 5.56 Å². The van der Waals surface area contributed by atoms with Gasteiger partial charge in [-0.15, -0.1) is 16.9 Å². The number of hydrogen-bond acceptors (Lipinski definition) is 2. The van der Waals surface area contributed by atoms with Crippen molar-refractivity contribution >= 4 is 23.4 Å². The molecule has 1 aliphatic rings. The van der Waals surface area contributed by atoms with E-state index in [2.05, 4.69) is 0 Å². The first kappa shape index (κ1) is 8.56. The lowest BCUT2D eigenvalue weighted by Gasteiger charge is -2.03. The highest BCUT2D eigenvalue weighted by molar-refractivity contribution is 7.99. The Balaban J connectivity index is 2.53. The molecule has 13 heavy (non-hydrogen) atoms. The Labute approximate surface area is 79.7 Å². The second-order valence-electron chi connectivity index (χ2n) is 2.79. The molecule has 0 aromatic heterocycles. The van der Waals surface area contributed by atoms with Crippen LogP contribution in [-0.4, -0.2) is 12.2 Å². The molecule has 2 rings (SSSR count). The van der Waals surface area contributed by atoms with Crippen LogP contribution in [0.25, 0.3) is 0 Å². The summed E-state index contributed by atoms with van der Waals surface area (Å²) in [4.78, 5) is 11.3. The fraction of sp³-hybridized carbons (Fsp3) is 0.222. The number of hydrogen-bond donors (Lipinski definition) is 0. The molecule has 0 aliphatic carbocycles. The standard InChI is InChI=1S/C9H8FNOS/c1-13-8-6-4-2-3-5-7(6)11(10)9(8)12/h2-5,8H,1H3. The van der Waals surface area contributed by atoms with Crippen molar-refractivity contribution in [3.8, 4) is 0 Å². The van der Waals surface area contributed by atoms with Gasteiger partial charge in [0.1, 0.15) is 5.25 Å². The van der Waals surface area contributed by atoms with E-state index in [1.54, 1.807) is 24.5 Å². The SMILES string of the molecule is CSC1C(=O)N(F)c2ccccc21. The van der Waals surface area contributed by atoms with E-state index in [0.29, 0.717) is 5.69 Å². The van der Waals surface area contributed by atoms with Crippen molar-refractivity contribution in [2.45, 2.75) is 5.25 Å². The summed E-state index contributed by atoms with van der Waals surface area (Å²) in [5, 5.41) is -0.141. The van der Waals surface area contributed by atoms with Crippen LogP contribution in [0.2, 0.25) is 0 Å². The number of benzene rings is 1. The van der Waals surface area contributed by atoms with Crippen molar-refractivity contribution in [2.75, 3.05) is 11.4 Å². The Morgan fingerprint density at radius 3 is 2.85 bits per heavy atom. The maximum atomic E-state index is 13.2. The number of carbonyl (C=O) groups is 1. The zero-order chi connectivity index (χ0) is 9.42. The zero-order valence-electron chi connectivity index (χ0n) is 7.03. The molecule has 2 nitrogen and oxygen atoms in total. The van der Waals surface area contributed by atoms with Gasteiger partial charge in [0, 0.05) is 5.56 Å². The molecule has 1 aliphatic heterocycles. The van der Waals surface area contributed by atoms with Gasteiger partial charge in [0.05, 0.1) is 5.69 Å². The van der Waals surface area contributed by atoms with E-state index in [1.165, 1.54) is 11.8 Å². The molecule has 1 heterocycles. The van der Waals surface area contributed by atoms with Crippen LogP contribution in [0.15, 0.2) is 24.3 Å². The highest BCUT2D eigenvalue weighted by Gasteiger charge is 2.36. The molecule has 0 spiro atoms. The van der Waals surface area contributed by atoms with Crippen LogP contribution < -0.4 is 5.12 Å². The molecule has 0 saturated heterocycles. The second kappa shape index (κ2) is 3.03. The van der Waals surface area contributed by atoms with E-state index in [-0.39, 0.29) is 10.4 Å². The first-order chi connectivity index (χ1) is 6.25. The summed E-state index contributed by atoms with van der Waals surface area (Å²) in [6, 6.07) is 6.94. The second-order valence-corrected chi connectivity index (χ2v) is 3.74. The molecule has 0 saturated carbocycles. The number of fused-ring (bicyclic) bond motifs is 1. The highest BCUT2D eigenvalue weighted by Crippen LogP contribution is 2.42. The molecule has 0 radical (unpaired) electrons. The van der Waals surface area contributed by atoms with Gasteiger partial charge in [-0.05, 0) is 12.3 Å². The number of rotatable bonds is 1. The summed E-state index contributed by atoms with van der Waals surface area (Å²) >= 11 is 1.36. The van der Waals surface area contributed by atoms with Gasteiger partial charge in [-0.1, -0.05) is 22.7 Å². The molecular formula is C9H8FNOS. The number of carbonyl (C=O) groups excluding carboxylic acids is 1. The van der Waals surface area contributed by atoms with Crippen molar-refractivity contribution in [1.82, 2.24) is 0 Å². The van der Waals surface area contributed by atoms with Crippen molar-refractivity contribution in [3.05, 3.63) is 29.8 Å². The summed E-state index contributed by atoms with van der Waals surface area (Å²) < 4.78 is 13.2. The van der Waals surface area contributed by atoms with Crippen molar-refractivity contribution in [2.24, 2.45) is 0 Å². The molecule has 1 amide bonds. The minimum Gasteiger partial charge on any atom is -0.270 e. The van der Waals surface area contributed by atoms with Crippen molar-refractivity contribution in [1.29, 1.82) is 0 Å².